The maximum atomic E-state index is 6.20. The van der Waals surface area contributed by atoms with Gasteiger partial charge in [0.2, 0.25) is 0 Å². The highest BCUT2D eigenvalue weighted by molar-refractivity contribution is 14.1. The van der Waals surface area contributed by atoms with Gasteiger partial charge in [-0.3, -0.25) is 0 Å². The second kappa shape index (κ2) is 5.83. The van der Waals surface area contributed by atoms with Gasteiger partial charge < -0.3 is 5.32 Å². The predicted octanol–water partition coefficient (Wildman–Crippen LogP) is 5.07. The minimum absolute atomic E-state index is 0.726. The fourth-order valence-electron chi connectivity index (χ4n) is 3.03. The third-order valence-corrected chi connectivity index (χ3v) is 5.36. The SMILES string of the molecule is Cc1ccc(Cl)cc1-n1nc(-c2ccccc2I)c2c1NCC2. The molecule has 1 aliphatic rings. The van der Waals surface area contributed by atoms with Crippen LogP contribution in [0.2, 0.25) is 5.02 Å². The molecule has 5 heteroatoms. The van der Waals surface area contributed by atoms with Crippen molar-refractivity contribution in [3.05, 3.63) is 62.2 Å². The summed E-state index contributed by atoms with van der Waals surface area (Å²) < 4.78 is 3.22. The van der Waals surface area contributed by atoms with Crippen molar-refractivity contribution in [1.82, 2.24) is 9.78 Å². The average molecular weight is 436 g/mol. The summed E-state index contributed by atoms with van der Waals surface area (Å²) in [6.07, 6.45) is 0.995. The first-order chi connectivity index (χ1) is 11.1. The number of nitrogens with zero attached hydrogens (tertiary/aromatic N) is 2. The molecule has 0 fully saturated rings. The molecule has 4 rings (SSSR count). The molecule has 3 aromatic rings. The van der Waals surface area contributed by atoms with E-state index in [1.165, 1.54) is 14.7 Å². The van der Waals surface area contributed by atoms with Crippen LogP contribution in [0, 0.1) is 10.5 Å². The number of rotatable bonds is 2. The van der Waals surface area contributed by atoms with Gasteiger partial charge in [-0.05, 0) is 59.7 Å². The third kappa shape index (κ3) is 2.54. The molecule has 0 bridgehead atoms. The summed E-state index contributed by atoms with van der Waals surface area (Å²) >= 11 is 8.58. The Kier molecular flexibility index (Phi) is 3.81. The Hall–Kier alpha value is -1.53. The zero-order chi connectivity index (χ0) is 16.0. The number of benzene rings is 2. The highest BCUT2D eigenvalue weighted by atomic mass is 127. The summed E-state index contributed by atoms with van der Waals surface area (Å²) in [4.78, 5) is 0. The quantitative estimate of drug-likeness (QED) is 0.569. The van der Waals surface area contributed by atoms with Gasteiger partial charge in [-0.1, -0.05) is 35.9 Å². The van der Waals surface area contributed by atoms with Crippen molar-refractivity contribution in [2.75, 3.05) is 11.9 Å². The molecule has 0 spiro atoms. The van der Waals surface area contributed by atoms with E-state index in [1.807, 2.05) is 22.9 Å². The van der Waals surface area contributed by atoms with E-state index in [0.717, 1.165) is 40.8 Å². The number of anilines is 1. The van der Waals surface area contributed by atoms with E-state index < -0.39 is 0 Å². The van der Waals surface area contributed by atoms with E-state index in [2.05, 4.69) is 59.1 Å². The lowest BCUT2D eigenvalue weighted by Crippen LogP contribution is -2.05. The Morgan fingerprint density at radius 1 is 1.22 bits per heavy atom. The van der Waals surface area contributed by atoms with Crippen molar-refractivity contribution in [2.24, 2.45) is 0 Å². The van der Waals surface area contributed by atoms with Crippen LogP contribution >= 0.6 is 34.2 Å². The molecular weight excluding hydrogens is 421 g/mol. The molecule has 0 atom stereocenters. The summed E-state index contributed by atoms with van der Waals surface area (Å²) in [6.45, 7) is 3.03. The first-order valence-electron chi connectivity index (χ1n) is 7.52. The van der Waals surface area contributed by atoms with E-state index in [0.29, 0.717) is 0 Å². The zero-order valence-electron chi connectivity index (χ0n) is 12.6. The Balaban J connectivity index is 1.96. The lowest BCUT2D eigenvalue weighted by Gasteiger charge is -2.10. The molecule has 1 N–H and O–H groups in total. The standard InChI is InChI=1S/C18H15ClIN3/c1-11-6-7-12(19)10-16(11)23-18-14(8-9-21-18)17(22-23)13-4-2-3-5-15(13)20/h2-7,10,21H,8-9H2,1H3. The number of hydrogen-bond donors (Lipinski definition) is 1. The molecule has 0 saturated carbocycles. The molecule has 2 aromatic carbocycles. The lowest BCUT2D eigenvalue weighted by molar-refractivity contribution is 0.875. The van der Waals surface area contributed by atoms with Crippen LogP contribution in [0.4, 0.5) is 5.82 Å². The molecule has 116 valence electrons. The van der Waals surface area contributed by atoms with E-state index in [-0.39, 0.29) is 0 Å². The highest BCUT2D eigenvalue weighted by Crippen LogP contribution is 2.37. The maximum absolute atomic E-state index is 6.20. The largest absolute Gasteiger partial charge is 0.369 e. The fourth-order valence-corrected chi connectivity index (χ4v) is 3.84. The Labute approximate surface area is 153 Å². The zero-order valence-corrected chi connectivity index (χ0v) is 15.5. The molecule has 0 saturated heterocycles. The van der Waals surface area contributed by atoms with Crippen LogP contribution in [0.5, 0.6) is 0 Å². The van der Waals surface area contributed by atoms with E-state index in [4.69, 9.17) is 16.7 Å². The van der Waals surface area contributed by atoms with Crippen molar-refractivity contribution in [3.8, 4) is 16.9 Å². The average Bonchev–Trinajstić information content (AvgIpc) is 3.13. The van der Waals surface area contributed by atoms with Crippen LogP contribution in [0.25, 0.3) is 16.9 Å². The van der Waals surface area contributed by atoms with Crippen molar-refractivity contribution in [2.45, 2.75) is 13.3 Å². The second-order valence-electron chi connectivity index (χ2n) is 5.68. The number of aromatic nitrogens is 2. The fraction of sp³-hybridized carbons (Fsp3) is 0.167. The summed E-state index contributed by atoms with van der Waals surface area (Å²) in [7, 11) is 0. The molecule has 3 nitrogen and oxygen atoms in total. The molecule has 0 unspecified atom stereocenters. The van der Waals surface area contributed by atoms with Crippen molar-refractivity contribution in [3.63, 3.8) is 0 Å². The van der Waals surface area contributed by atoms with Gasteiger partial charge >= 0.3 is 0 Å². The summed E-state index contributed by atoms with van der Waals surface area (Å²) in [5.41, 5.74) is 5.72. The normalized spacial score (nSPS) is 13.0. The van der Waals surface area contributed by atoms with Crippen molar-refractivity contribution in [1.29, 1.82) is 0 Å². The van der Waals surface area contributed by atoms with Crippen LogP contribution in [0.3, 0.4) is 0 Å². The highest BCUT2D eigenvalue weighted by Gasteiger charge is 2.25. The van der Waals surface area contributed by atoms with E-state index in [9.17, 15) is 0 Å². The number of hydrogen-bond acceptors (Lipinski definition) is 2. The minimum Gasteiger partial charge on any atom is -0.369 e. The number of fused-ring (bicyclic) bond motifs is 1. The van der Waals surface area contributed by atoms with Crippen molar-refractivity contribution < 1.29 is 0 Å². The summed E-state index contributed by atoms with van der Waals surface area (Å²) in [6, 6.07) is 14.3. The minimum atomic E-state index is 0.726. The predicted molar refractivity (Wildman–Crippen MR) is 104 cm³/mol. The second-order valence-corrected chi connectivity index (χ2v) is 7.27. The monoisotopic (exact) mass is 435 g/mol. The molecule has 23 heavy (non-hydrogen) atoms. The van der Waals surface area contributed by atoms with Gasteiger partial charge in [-0.2, -0.15) is 5.10 Å². The molecule has 1 aliphatic heterocycles. The van der Waals surface area contributed by atoms with Crippen LogP contribution in [-0.4, -0.2) is 16.3 Å². The third-order valence-electron chi connectivity index (χ3n) is 4.18. The van der Waals surface area contributed by atoms with Gasteiger partial charge in [0, 0.05) is 26.3 Å². The van der Waals surface area contributed by atoms with Gasteiger partial charge in [0.25, 0.3) is 0 Å². The Bertz CT molecular complexity index is 901. The topological polar surface area (TPSA) is 29.9 Å². The Morgan fingerprint density at radius 3 is 2.87 bits per heavy atom. The lowest BCUT2D eigenvalue weighted by atomic mass is 10.1. The number of halogens is 2. The summed E-state index contributed by atoms with van der Waals surface area (Å²) in [5.74, 6) is 1.09. The first kappa shape index (κ1) is 15.0. The molecule has 0 radical (unpaired) electrons. The summed E-state index contributed by atoms with van der Waals surface area (Å²) in [5, 5.41) is 9.13. The molecule has 1 aromatic heterocycles. The molecule has 0 amide bonds. The molecular formula is C18H15ClIN3. The number of aryl methyl sites for hydroxylation is 1. The van der Waals surface area contributed by atoms with Crippen LogP contribution in [0.15, 0.2) is 42.5 Å². The van der Waals surface area contributed by atoms with Gasteiger partial charge in [-0.15, -0.1) is 0 Å². The van der Waals surface area contributed by atoms with Gasteiger partial charge in [0.05, 0.1) is 11.4 Å². The van der Waals surface area contributed by atoms with Crippen LogP contribution in [-0.2, 0) is 6.42 Å². The first-order valence-corrected chi connectivity index (χ1v) is 8.98. The maximum Gasteiger partial charge on any atom is 0.133 e. The molecule has 2 heterocycles. The van der Waals surface area contributed by atoms with Crippen molar-refractivity contribution >= 4 is 40.0 Å². The van der Waals surface area contributed by atoms with Crippen LogP contribution in [0.1, 0.15) is 11.1 Å². The number of nitrogens with one attached hydrogen (secondary N) is 1. The van der Waals surface area contributed by atoms with E-state index in [1.54, 1.807) is 0 Å². The van der Waals surface area contributed by atoms with E-state index >= 15 is 0 Å². The van der Waals surface area contributed by atoms with Crippen LogP contribution < -0.4 is 5.32 Å². The van der Waals surface area contributed by atoms with Gasteiger partial charge in [0.1, 0.15) is 5.82 Å². The smallest absolute Gasteiger partial charge is 0.133 e. The Morgan fingerprint density at radius 2 is 2.04 bits per heavy atom. The molecule has 0 aliphatic carbocycles. The van der Waals surface area contributed by atoms with Gasteiger partial charge in [0.15, 0.2) is 0 Å². The van der Waals surface area contributed by atoms with Gasteiger partial charge in [-0.25, -0.2) is 4.68 Å².